The molecule has 0 heterocycles. The smallest absolute Gasteiger partial charge is 0.270 e. The first kappa shape index (κ1) is 15.9. The lowest BCUT2D eigenvalue weighted by atomic mass is 10.00. The second kappa shape index (κ2) is 6.31. The van der Waals surface area contributed by atoms with Crippen LogP contribution in [0, 0.1) is 0 Å². The molecule has 0 saturated heterocycles. The summed E-state index contributed by atoms with van der Waals surface area (Å²) in [6.45, 7) is 3.15. The van der Waals surface area contributed by atoms with Gasteiger partial charge in [0.2, 0.25) is 0 Å². The Bertz CT molecular complexity index is 409. The summed E-state index contributed by atoms with van der Waals surface area (Å²) in [5, 5.41) is -2.02. The Kier molecular flexibility index (Phi) is 5.57. The van der Waals surface area contributed by atoms with Crippen molar-refractivity contribution >= 4 is 20.2 Å². The van der Waals surface area contributed by atoms with E-state index < -0.39 is 30.7 Å². The highest BCUT2D eigenvalue weighted by Crippen LogP contribution is 2.31. The second-order valence-corrected chi connectivity index (χ2v) is 7.81. The first-order valence-electron chi connectivity index (χ1n) is 6.11. The van der Waals surface area contributed by atoms with Crippen LogP contribution >= 0.6 is 0 Å². The number of hydrogen-bond donors (Lipinski definition) is 0. The Balaban J connectivity index is 3.01. The van der Waals surface area contributed by atoms with Gasteiger partial charge in [-0.3, -0.25) is 8.37 Å². The van der Waals surface area contributed by atoms with E-state index in [0.717, 1.165) is 0 Å². The molecule has 8 heteroatoms. The molecule has 0 bridgehead atoms. The SMILES string of the molecule is CCOS(=O)(=O)C1CCCCC1S(=O)(=O)OCC. The summed E-state index contributed by atoms with van der Waals surface area (Å²) >= 11 is 0. The number of rotatable bonds is 6. The normalized spacial score (nSPS) is 26.1. The highest BCUT2D eigenvalue weighted by Gasteiger charge is 2.43. The van der Waals surface area contributed by atoms with Crippen LogP contribution in [0.5, 0.6) is 0 Å². The lowest BCUT2D eigenvalue weighted by Gasteiger charge is -2.29. The molecule has 6 nitrogen and oxygen atoms in total. The quantitative estimate of drug-likeness (QED) is 0.681. The summed E-state index contributed by atoms with van der Waals surface area (Å²) < 4.78 is 57.1. The van der Waals surface area contributed by atoms with Crippen molar-refractivity contribution in [1.29, 1.82) is 0 Å². The van der Waals surface area contributed by atoms with E-state index in [-0.39, 0.29) is 13.2 Å². The summed E-state index contributed by atoms with van der Waals surface area (Å²) in [4.78, 5) is 0. The molecule has 0 aromatic rings. The summed E-state index contributed by atoms with van der Waals surface area (Å²) in [6.07, 6.45) is 1.99. The van der Waals surface area contributed by atoms with Crippen LogP contribution in [0.3, 0.4) is 0 Å². The molecule has 0 radical (unpaired) electrons. The van der Waals surface area contributed by atoms with Crippen molar-refractivity contribution < 1.29 is 25.2 Å². The zero-order valence-electron chi connectivity index (χ0n) is 10.7. The van der Waals surface area contributed by atoms with Gasteiger partial charge in [-0.15, -0.1) is 0 Å². The van der Waals surface area contributed by atoms with Crippen molar-refractivity contribution in [2.24, 2.45) is 0 Å². The van der Waals surface area contributed by atoms with Crippen LogP contribution < -0.4 is 0 Å². The molecular weight excluding hydrogens is 280 g/mol. The number of hydrogen-bond acceptors (Lipinski definition) is 6. The topological polar surface area (TPSA) is 86.7 Å². The fourth-order valence-electron chi connectivity index (χ4n) is 2.23. The van der Waals surface area contributed by atoms with Gasteiger partial charge < -0.3 is 0 Å². The van der Waals surface area contributed by atoms with E-state index >= 15 is 0 Å². The Hall–Kier alpha value is -0.180. The second-order valence-electron chi connectivity index (χ2n) is 4.16. The molecule has 1 aliphatic carbocycles. The van der Waals surface area contributed by atoms with Gasteiger partial charge in [-0.25, -0.2) is 0 Å². The molecule has 1 aliphatic rings. The van der Waals surface area contributed by atoms with E-state index in [1.54, 1.807) is 13.8 Å². The lowest BCUT2D eigenvalue weighted by molar-refractivity contribution is 0.302. The first-order valence-corrected chi connectivity index (χ1v) is 9.06. The predicted octanol–water partition coefficient (Wildman–Crippen LogP) is 1.03. The van der Waals surface area contributed by atoms with Crippen molar-refractivity contribution in [2.75, 3.05) is 13.2 Å². The van der Waals surface area contributed by atoms with Gasteiger partial charge in [-0.05, 0) is 26.7 Å². The molecule has 1 rings (SSSR count). The summed E-state index contributed by atoms with van der Waals surface area (Å²) in [5.74, 6) is 0. The average Bonchev–Trinajstić information content (AvgIpc) is 2.29. The van der Waals surface area contributed by atoms with Gasteiger partial charge in [-0.2, -0.15) is 16.8 Å². The van der Waals surface area contributed by atoms with E-state index in [1.807, 2.05) is 0 Å². The maximum atomic E-state index is 11.9. The molecule has 0 aromatic heterocycles. The Morgan fingerprint density at radius 3 is 1.44 bits per heavy atom. The van der Waals surface area contributed by atoms with Gasteiger partial charge in [0, 0.05) is 0 Å². The van der Waals surface area contributed by atoms with E-state index in [0.29, 0.717) is 25.7 Å². The highest BCUT2D eigenvalue weighted by molar-refractivity contribution is 7.91. The molecule has 0 aromatic carbocycles. The molecule has 108 valence electrons. The molecule has 2 unspecified atom stereocenters. The van der Waals surface area contributed by atoms with Crippen LogP contribution in [0.2, 0.25) is 0 Å². The fourth-order valence-corrected chi connectivity index (χ4v) is 5.98. The minimum Gasteiger partial charge on any atom is -0.270 e. The molecule has 0 amide bonds. The Morgan fingerprint density at radius 1 is 0.833 bits per heavy atom. The van der Waals surface area contributed by atoms with Crippen molar-refractivity contribution in [3.8, 4) is 0 Å². The Morgan fingerprint density at radius 2 is 1.17 bits per heavy atom. The third-order valence-electron chi connectivity index (χ3n) is 2.95. The monoisotopic (exact) mass is 300 g/mol. The maximum absolute atomic E-state index is 11.9. The molecule has 2 atom stereocenters. The summed E-state index contributed by atoms with van der Waals surface area (Å²) in [7, 11) is -7.69. The van der Waals surface area contributed by atoms with Crippen molar-refractivity contribution in [2.45, 2.75) is 50.0 Å². The van der Waals surface area contributed by atoms with E-state index in [1.165, 1.54) is 0 Å². The van der Waals surface area contributed by atoms with Crippen LogP contribution in [-0.2, 0) is 28.6 Å². The van der Waals surface area contributed by atoms with Crippen molar-refractivity contribution in [3.63, 3.8) is 0 Å². The lowest BCUT2D eigenvalue weighted by Crippen LogP contribution is -2.43. The Labute approximate surface area is 109 Å². The maximum Gasteiger partial charge on any atom is 0.271 e. The molecule has 1 saturated carbocycles. The zero-order chi connectivity index (χ0) is 13.8. The minimum atomic E-state index is -3.84. The van der Waals surface area contributed by atoms with Crippen molar-refractivity contribution in [3.05, 3.63) is 0 Å². The van der Waals surface area contributed by atoms with Gasteiger partial charge >= 0.3 is 0 Å². The van der Waals surface area contributed by atoms with Gasteiger partial charge in [-0.1, -0.05) is 12.8 Å². The predicted molar refractivity (Wildman–Crippen MR) is 67.1 cm³/mol. The van der Waals surface area contributed by atoms with E-state index in [4.69, 9.17) is 8.37 Å². The minimum absolute atomic E-state index is 0.0141. The average molecular weight is 300 g/mol. The molecule has 18 heavy (non-hydrogen) atoms. The van der Waals surface area contributed by atoms with Crippen LogP contribution in [0.15, 0.2) is 0 Å². The van der Waals surface area contributed by atoms with E-state index in [9.17, 15) is 16.8 Å². The highest BCUT2D eigenvalue weighted by atomic mass is 32.2. The third-order valence-corrected chi connectivity index (χ3v) is 6.86. The molecule has 0 N–H and O–H groups in total. The first-order chi connectivity index (χ1) is 8.35. The van der Waals surface area contributed by atoms with Gasteiger partial charge in [0.1, 0.15) is 10.5 Å². The molecular formula is C10H20O6S2. The van der Waals surface area contributed by atoms with Crippen LogP contribution in [0.1, 0.15) is 39.5 Å². The van der Waals surface area contributed by atoms with Gasteiger partial charge in [0.15, 0.2) is 0 Å². The third kappa shape index (κ3) is 3.66. The zero-order valence-corrected chi connectivity index (χ0v) is 12.3. The van der Waals surface area contributed by atoms with Crippen molar-refractivity contribution in [1.82, 2.24) is 0 Å². The summed E-state index contributed by atoms with van der Waals surface area (Å²) in [6, 6.07) is 0. The van der Waals surface area contributed by atoms with Gasteiger partial charge in [0.25, 0.3) is 20.2 Å². The van der Waals surface area contributed by atoms with Crippen LogP contribution in [-0.4, -0.2) is 40.5 Å². The van der Waals surface area contributed by atoms with Crippen LogP contribution in [0.4, 0.5) is 0 Å². The molecule has 1 fully saturated rings. The van der Waals surface area contributed by atoms with Crippen LogP contribution in [0.25, 0.3) is 0 Å². The fraction of sp³-hybridized carbons (Fsp3) is 1.00. The molecule has 0 aliphatic heterocycles. The van der Waals surface area contributed by atoms with E-state index in [2.05, 4.69) is 0 Å². The summed E-state index contributed by atoms with van der Waals surface area (Å²) in [5.41, 5.74) is 0. The standard InChI is InChI=1S/C10H20O6S2/c1-3-15-17(11,12)9-7-5-6-8-10(9)18(13,14)16-4-2/h9-10H,3-8H2,1-2H3. The van der Waals surface area contributed by atoms with Gasteiger partial charge in [0.05, 0.1) is 13.2 Å². The largest absolute Gasteiger partial charge is 0.271 e. The molecule has 0 spiro atoms.